The van der Waals surface area contributed by atoms with Crippen LogP contribution in [0.1, 0.15) is 0 Å². The minimum Gasteiger partial charge on any atom is -0.491 e. The molecule has 1 N–H and O–H groups in total. The van der Waals surface area contributed by atoms with Crippen LogP contribution in [0.3, 0.4) is 0 Å². The minimum atomic E-state index is -0.220. The Morgan fingerprint density at radius 1 is 1.08 bits per heavy atom. The van der Waals surface area contributed by atoms with Gasteiger partial charge in [-0.05, 0) is 37.4 Å². The van der Waals surface area contributed by atoms with Crippen LogP contribution in [-0.2, 0) is 4.79 Å². The molecule has 0 heterocycles. The first-order valence-electron chi connectivity index (χ1n) is 7.37. The number of para-hydroxylation sites is 1. The number of carbonyl (C=O) groups is 1. The van der Waals surface area contributed by atoms with Gasteiger partial charge in [0.25, 0.3) is 0 Å². The maximum atomic E-state index is 12.1. The Morgan fingerprint density at radius 2 is 1.76 bits per heavy atom. The highest BCUT2D eigenvalue weighted by Crippen LogP contribution is 2.30. The molecule has 0 radical (unpaired) electrons. The molecule has 0 aromatic heterocycles. The van der Waals surface area contributed by atoms with E-state index in [1.54, 1.807) is 43.4 Å². The average Bonchev–Trinajstić information content (AvgIpc) is 2.53. The number of amides is 1. The van der Waals surface area contributed by atoms with Crippen molar-refractivity contribution in [2.75, 3.05) is 32.1 Å². The minimum absolute atomic E-state index is 0.166. The zero-order chi connectivity index (χ0) is 18.4. The second kappa shape index (κ2) is 9.51. The highest BCUT2D eigenvalue weighted by Gasteiger charge is 2.12. The lowest BCUT2D eigenvalue weighted by molar-refractivity contribution is -0.117. The number of nitrogens with one attached hydrogen (secondary N) is 1. The van der Waals surface area contributed by atoms with Crippen molar-refractivity contribution in [3.63, 3.8) is 0 Å². The third-order valence-corrected chi connectivity index (χ3v) is 4.43. The van der Waals surface area contributed by atoms with Crippen LogP contribution < -0.4 is 10.1 Å². The van der Waals surface area contributed by atoms with Gasteiger partial charge in [0.15, 0.2) is 0 Å². The molecule has 0 bridgehead atoms. The lowest BCUT2D eigenvalue weighted by Crippen LogP contribution is -2.33. The summed E-state index contributed by atoms with van der Waals surface area (Å²) in [5, 5.41) is 4.49. The van der Waals surface area contributed by atoms with Crippen molar-refractivity contribution >= 4 is 58.0 Å². The van der Waals surface area contributed by atoms with Crippen LogP contribution >= 0.6 is 46.4 Å². The van der Waals surface area contributed by atoms with Crippen LogP contribution in [0.2, 0.25) is 20.1 Å². The Hall–Kier alpha value is -1.17. The number of ether oxygens (including phenoxy) is 1. The Labute approximate surface area is 166 Å². The number of likely N-dealkylation sites (N-methyl/N-ethyl adjacent to an activating group) is 1. The summed E-state index contributed by atoms with van der Waals surface area (Å²) in [6.45, 7) is 1.07. The second-order valence-corrected chi connectivity index (χ2v) is 6.96. The van der Waals surface area contributed by atoms with Gasteiger partial charge in [-0.15, -0.1) is 0 Å². The van der Waals surface area contributed by atoms with E-state index in [4.69, 9.17) is 51.1 Å². The van der Waals surface area contributed by atoms with Gasteiger partial charge in [-0.25, -0.2) is 0 Å². The molecule has 8 heteroatoms. The first kappa shape index (κ1) is 20.1. The van der Waals surface area contributed by atoms with E-state index in [0.29, 0.717) is 44.7 Å². The summed E-state index contributed by atoms with van der Waals surface area (Å²) >= 11 is 23.9. The molecule has 0 aliphatic rings. The van der Waals surface area contributed by atoms with Crippen molar-refractivity contribution in [1.82, 2.24) is 4.90 Å². The zero-order valence-corrected chi connectivity index (χ0v) is 16.4. The summed E-state index contributed by atoms with van der Waals surface area (Å²) < 4.78 is 5.59. The average molecular weight is 422 g/mol. The fraction of sp³-hybridized carbons (Fsp3) is 0.235. The molecule has 0 aliphatic heterocycles. The molecule has 2 rings (SSSR count). The highest BCUT2D eigenvalue weighted by molar-refractivity contribution is 6.39. The third-order valence-electron chi connectivity index (χ3n) is 3.27. The van der Waals surface area contributed by atoms with E-state index in [1.807, 2.05) is 4.90 Å². The maximum Gasteiger partial charge on any atom is 0.238 e. The van der Waals surface area contributed by atoms with Crippen LogP contribution in [0, 0.1) is 0 Å². The summed E-state index contributed by atoms with van der Waals surface area (Å²) in [7, 11) is 1.81. The van der Waals surface area contributed by atoms with Gasteiger partial charge in [-0.1, -0.05) is 52.5 Å². The molecule has 25 heavy (non-hydrogen) atoms. The van der Waals surface area contributed by atoms with E-state index in [2.05, 4.69) is 5.32 Å². The number of hydrogen-bond donors (Lipinski definition) is 1. The Bertz CT molecular complexity index is 735. The van der Waals surface area contributed by atoms with Crippen molar-refractivity contribution in [2.45, 2.75) is 0 Å². The molecule has 134 valence electrons. The van der Waals surface area contributed by atoms with Crippen molar-refractivity contribution in [3.05, 3.63) is 56.5 Å². The number of halogens is 4. The fourth-order valence-electron chi connectivity index (χ4n) is 2.02. The Kier molecular flexibility index (Phi) is 7.66. The van der Waals surface area contributed by atoms with Gasteiger partial charge in [0, 0.05) is 11.6 Å². The first-order valence-corrected chi connectivity index (χ1v) is 8.88. The largest absolute Gasteiger partial charge is 0.491 e. The molecule has 2 aromatic rings. The highest BCUT2D eigenvalue weighted by atomic mass is 35.5. The van der Waals surface area contributed by atoms with Gasteiger partial charge in [0.2, 0.25) is 5.91 Å². The number of nitrogens with zero attached hydrogens (tertiary/aromatic N) is 1. The predicted octanol–water partition coefficient (Wildman–Crippen LogP) is 5.25. The monoisotopic (exact) mass is 420 g/mol. The van der Waals surface area contributed by atoms with Gasteiger partial charge < -0.3 is 10.1 Å². The van der Waals surface area contributed by atoms with Crippen LogP contribution in [-0.4, -0.2) is 37.6 Å². The molecule has 0 atom stereocenters. The van der Waals surface area contributed by atoms with Crippen molar-refractivity contribution in [1.29, 1.82) is 0 Å². The third kappa shape index (κ3) is 6.24. The first-order chi connectivity index (χ1) is 11.9. The maximum absolute atomic E-state index is 12.1. The number of benzene rings is 2. The van der Waals surface area contributed by atoms with Crippen LogP contribution in [0.15, 0.2) is 36.4 Å². The van der Waals surface area contributed by atoms with Gasteiger partial charge in [0.1, 0.15) is 12.4 Å². The topological polar surface area (TPSA) is 41.6 Å². The number of rotatable bonds is 7. The molecular weight excluding hydrogens is 406 g/mol. The number of carbonyl (C=O) groups excluding carboxylic acids is 1. The molecule has 0 fully saturated rings. The predicted molar refractivity (Wildman–Crippen MR) is 105 cm³/mol. The normalized spacial score (nSPS) is 10.8. The standard InChI is InChI=1S/C17H16Cl4N2O2/c1-23(7-8-25-15-6-5-11(18)9-14(15)21)10-16(24)22-17-12(19)3-2-4-13(17)20/h2-6,9H,7-8,10H2,1H3,(H,22,24). The fourth-order valence-corrected chi connectivity index (χ4v) is 2.98. The van der Waals surface area contributed by atoms with Crippen LogP contribution in [0.5, 0.6) is 5.75 Å². The van der Waals surface area contributed by atoms with Crippen LogP contribution in [0.25, 0.3) is 0 Å². The summed E-state index contributed by atoms with van der Waals surface area (Å²) in [5.74, 6) is 0.328. The molecule has 1 amide bonds. The van der Waals surface area contributed by atoms with Crippen LogP contribution in [0.4, 0.5) is 5.69 Å². The lowest BCUT2D eigenvalue weighted by atomic mass is 10.3. The molecule has 2 aromatic carbocycles. The summed E-state index contributed by atoms with van der Waals surface area (Å²) in [4.78, 5) is 13.9. The number of hydrogen-bond acceptors (Lipinski definition) is 3. The second-order valence-electron chi connectivity index (χ2n) is 5.31. The molecular formula is C17H16Cl4N2O2. The van der Waals surface area contributed by atoms with Gasteiger partial charge in [-0.2, -0.15) is 0 Å². The van der Waals surface area contributed by atoms with E-state index < -0.39 is 0 Å². The number of anilines is 1. The molecule has 0 aliphatic carbocycles. The summed E-state index contributed by atoms with van der Waals surface area (Å²) in [6.07, 6.45) is 0. The zero-order valence-electron chi connectivity index (χ0n) is 13.4. The van der Waals surface area contributed by atoms with Crippen molar-refractivity contribution in [3.8, 4) is 5.75 Å². The Morgan fingerprint density at radius 3 is 2.40 bits per heavy atom. The van der Waals surface area contributed by atoms with Gasteiger partial charge >= 0.3 is 0 Å². The lowest BCUT2D eigenvalue weighted by Gasteiger charge is -2.17. The molecule has 0 saturated heterocycles. The van der Waals surface area contributed by atoms with Gasteiger partial charge in [0.05, 0.1) is 27.3 Å². The summed E-state index contributed by atoms with van der Waals surface area (Å²) in [6, 6.07) is 10.1. The smallest absolute Gasteiger partial charge is 0.238 e. The van der Waals surface area contributed by atoms with E-state index in [0.717, 1.165) is 0 Å². The SMILES string of the molecule is CN(CCOc1ccc(Cl)cc1Cl)CC(=O)Nc1c(Cl)cccc1Cl. The van der Waals surface area contributed by atoms with E-state index in [1.165, 1.54) is 0 Å². The molecule has 4 nitrogen and oxygen atoms in total. The van der Waals surface area contributed by atoms with E-state index >= 15 is 0 Å². The summed E-state index contributed by atoms with van der Waals surface area (Å²) in [5.41, 5.74) is 0.411. The van der Waals surface area contributed by atoms with E-state index in [-0.39, 0.29) is 12.5 Å². The molecule has 0 saturated carbocycles. The Balaban J connectivity index is 1.79. The van der Waals surface area contributed by atoms with Crippen molar-refractivity contribution in [2.24, 2.45) is 0 Å². The molecule has 0 unspecified atom stereocenters. The van der Waals surface area contributed by atoms with E-state index in [9.17, 15) is 4.79 Å². The van der Waals surface area contributed by atoms with Crippen molar-refractivity contribution < 1.29 is 9.53 Å². The van der Waals surface area contributed by atoms with Gasteiger partial charge in [-0.3, -0.25) is 9.69 Å². The quantitative estimate of drug-likeness (QED) is 0.663. The molecule has 0 spiro atoms.